The van der Waals surface area contributed by atoms with Gasteiger partial charge in [-0.25, -0.2) is 0 Å². The van der Waals surface area contributed by atoms with Crippen molar-refractivity contribution in [2.24, 2.45) is 0 Å². The third kappa shape index (κ3) is 1.88. The number of dihydropyridines is 1. The molecule has 1 radical (unpaired) electrons. The molecule has 2 atom stereocenters. The number of alkyl halides is 1. The summed E-state index contributed by atoms with van der Waals surface area (Å²) in [7, 11) is 0. The minimum Gasteiger partial charge on any atom is -0.378 e. The van der Waals surface area contributed by atoms with Gasteiger partial charge in [-0.2, -0.15) is 0 Å². The summed E-state index contributed by atoms with van der Waals surface area (Å²) in [6.07, 6.45) is 8.75. The standard InChI is InChI=1S/C9H8ClNO.Cu/c10-7-3-4-8(12)9-6(7)2-1-5-11-9;/h1-5,7,9,11H;. The van der Waals surface area contributed by atoms with E-state index in [1.165, 1.54) is 6.08 Å². The van der Waals surface area contributed by atoms with Crippen LogP contribution in [0.15, 0.2) is 36.1 Å². The van der Waals surface area contributed by atoms with Crippen LogP contribution in [0, 0.1) is 0 Å². The maximum Gasteiger partial charge on any atom is 0.181 e. The zero-order valence-electron chi connectivity index (χ0n) is 6.63. The molecule has 1 heterocycles. The summed E-state index contributed by atoms with van der Waals surface area (Å²) in [4.78, 5) is 11.3. The molecule has 0 amide bonds. The van der Waals surface area contributed by atoms with E-state index >= 15 is 0 Å². The Hall–Kier alpha value is -0.501. The molecule has 0 aromatic rings. The zero-order valence-corrected chi connectivity index (χ0v) is 8.33. The summed E-state index contributed by atoms with van der Waals surface area (Å²) in [6.45, 7) is 0. The van der Waals surface area contributed by atoms with Gasteiger partial charge in [0.05, 0.1) is 5.38 Å². The van der Waals surface area contributed by atoms with E-state index in [0.717, 1.165) is 5.57 Å². The van der Waals surface area contributed by atoms with E-state index in [2.05, 4.69) is 5.32 Å². The number of nitrogens with one attached hydrogen (secondary N) is 1. The van der Waals surface area contributed by atoms with Crippen LogP contribution in [0.2, 0.25) is 0 Å². The number of carbonyl (C=O) groups is 1. The number of rotatable bonds is 0. The third-order valence-electron chi connectivity index (χ3n) is 2.01. The number of hydrogen-bond donors (Lipinski definition) is 1. The molecule has 0 aromatic carbocycles. The van der Waals surface area contributed by atoms with Gasteiger partial charge in [-0.15, -0.1) is 11.6 Å². The van der Waals surface area contributed by atoms with Crippen molar-refractivity contribution in [1.82, 2.24) is 5.32 Å². The van der Waals surface area contributed by atoms with Crippen molar-refractivity contribution in [1.29, 1.82) is 0 Å². The molecule has 2 rings (SSSR count). The Morgan fingerprint density at radius 3 is 2.92 bits per heavy atom. The molecule has 0 saturated heterocycles. The predicted octanol–water partition coefficient (Wildman–Crippen LogP) is 1.14. The number of ketones is 1. The summed E-state index contributed by atoms with van der Waals surface area (Å²) in [5.74, 6) is 0.0718. The molecule has 2 aliphatic rings. The summed E-state index contributed by atoms with van der Waals surface area (Å²) >= 11 is 5.97. The van der Waals surface area contributed by atoms with Crippen LogP contribution in [-0.4, -0.2) is 17.2 Å². The van der Waals surface area contributed by atoms with Crippen LogP contribution in [-0.2, 0) is 21.9 Å². The number of halogens is 1. The van der Waals surface area contributed by atoms with Crippen molar-refractivity contribution in [3.8, 4) is 0 Å². The quantitative estimate of drug-likeness (QED) is 0.512. The van der Waals surface area contributed by atoms with E-state index in [1.54, 1.807) is 12.3 Å². The van der Waals surface area contributed by atoms with Gasteiger partial charge >= 0.3 is 0 Å². The minimum absolute atomic E-state index is 0. The van der Waals surface area contributed by atoms with Crippen LogP contribution in [0.3, 0.4) is 0 Å². The van der Waals surface area contributed by atoms with Gasteiger partial charge < -0.3 is 5.32 Å². The monoisotopic (exact) mass is 244 g/mol. The molecule has 0 bridgehead atoms. The van der Waals surface area contributed by atoms with Crippen molar-refractivity contribution >= 4 is 17.4 Å². The zero-order chi connectivity index (χ0) is 8.55. The second-order valence-electron chi connectivity index (χ2n) is 2.79. The predicted molar refractivity (Wildman–Crippen MR) is 47.9 cm³/mol. The van der Waals surface area contributed by atoms with Gasteiger partial charge in [-0.05, 0) is 23.9 Å². The number of hydrogen-bond acceptors (Lipinski definition) is 2. The first-order valence-corrected chi connectivity index (χ1v) is 4.21. The molecule has 2 nitrogen and oxygen atoms in total. The summed E-state index contributed by atoms with van der Waals surface area (Å²) < 4.78 is 0. The molecule has 4 heteroatoms. The molecular formula is C9H8ClCuNO. The molecule has 1 aliphatic heterocycles. The topological polar surface area (TPSA) is 29.1 Å². The molecule has 13 heavy (non-hydrogen) atoms. The summed E-state index contributed by atoms with van der Waals surface area (Å²) in [5, 5.41) is 2.82. The number of carbonyl (C=O) groups excluding carboxylic acids is 1. The molecule has 0 saturated carbocycles. The Balaban J connectivity index is 0.000000845. The Kier molecular flexibility index (Phi) is 3.37. The molecule has 0 aromatic heterocycles. The van der Waals surface area contributed by atoms with Gasteiger partial charge in [0.25, 0.3) is 0 Å². The molecule has 1 N–H and O–H groups in total. The average molecular weight is 245 g/mol. The van der Waals surface area contributed by atoms with Crippen LogP contribution in [0.4, 0.5) is 0 Å². The Labute approximate surface area is 92.2 Å². The van der Waals surface area contributed by atoms with E-state index in [4.69, 9.17) is 11.6 Å². The first-order chi connectivity index (χ1) is 5.79. The van der Waals surface area contributed by atoms with Crippen molar-refractivity contribution < 1.29 is 21.9 Å². The largest absolute Gasteiger partial charge is 0.378 e. The number of allylic oxidation sites excluding steroid dienone is 3. The molecule has 0 spiro atoms. The maximum atomic E-state index is 11.3. The SMILES string of the molecule is O=C1C=CC(Cl)C2=CC=CNC12.[Cu]. The van der Waals surface area contributed by atoms with Gasteiger partial charge in [0.15, 0.2) is 5.78 Å². The first-order valence-electron chi connectivity index (χ1n) is 3.78. The van der Waals surface area contributed by atoms with Crippen LogP contribution < -0.4 is 5.32 Å². The fraction of sp³-hybridized carbons (Fsp3) is 0.222. The molecular weight excluding hydrogens is 237 g/mol. The third-order valence-corrected chi connectivity index (χ3v) is 2.41. The second kappa shape index (κ2) is 4.14. The van der Waals surface area contributed by atoms with Gasteiger partial charge in [0, 0.05) is 17.1 Å². The van der Waals surface area contributed by atoms with Crippen molar-refractivity contribution in [2.75, 3.05) is 0 Å². The first kappa shape index (κ1) is 10.6. The Bertz CT molecular complexity index is 309. The van der Waals surface area contributed by atoms with Crippen molar-refractivity contribution in [2.45, 2.75) is 11.4 Å². The van der Waals surface area contributed by atoms with E-state index in [1.807, 2.05) is 12.2 Å². The fourth-order valence-electron chi connectivity index (χ4n) is 1.39. The van der Waals surface area contributed by atoms with Gasteiger partial charge in [-0.1, -0.05) is 12.2 Å². The van der Waals surface area contributed by atoms with Crippen molar-refractivity contribution in [3.05, 3.63) is 36.1 Å². The van der Waals surface area contributed by atoms with E-state index < -0.39 is 0 Å². The molecule has 1 aliphatic carbocycles. The minimum atomic E-state index is -0.234. The summed E-state index contributed by atoms with van der Waals surface area (Å²) in [5.41, 5.74) is 0.937. The molecule has 0 fully saturated rings. The average Bonchev–Trinajstić information content (AvgIpc) is 2.12. The van der Waals surface area contributed by atoms with Crippen molar-refractivity contribution in [3.63, 3.8) is 0 Å². The molecule has 2 unspecified atom stereocenters. The fourth-order valence-corrected chi connectivity index (χ4v) is 1.66. The van der Waals surface area contributed by atoms with Crippen LogP contribution in [0.25, 0.3) is 0 Å². The number of fused-ring (bicyclic) bond motifs is 1. The Morgan fingerprint density at radius 2 is 2.23 bits per heavy atom. The van der Waals surface area contributed by atoms with E-state index in [0.29, 0.717) is 0 Å². The normalized spacial score (nSPS) is 29.9. The molecule has 73 valence electrons. The van der Waals surface area contributed by atoms with E-state index in [-0.39, 0.29) is 34.3 Å². The van der Waals surface area contributed by atoms with Gasteiger partial charge in [0.1, 0.15) is 6.04 Å². The smallest absolute Gasteiger partial charge is 0.181 e. The summed E-state index contributed by atoms with van der Waals surface area (Å²) in [6, 6.07) is -0.234. The van der Waals surface area contributed by atoms with Gasteiger partial charge in [-0.3, -0.25) is 4.79 Å². The van der Waals surface area contributed by atoms with Crippen LogP contribution >= 0.6 is 11.6 Å². The Morgan fingerprint density at radius 1 is 1.46 bits per heavy atom. The maximum absolute atomic E-state index is 11.3. The van der Waals surface area contributed by atoms with E-state index in [9.17, 15) is 4.79 Å². The second-order valence-corrected chi connectivity index (χ2v) is 3.26. The van der Waals surface area contributed by atoms with Crippen LogP contribution in [0.5, 0.6) is 0 Å². The van der Waals surface area contributed by atoms with Gasteiger partial charge in [0.2, 0.25) is 0 Å². The van der Waals surface area contributed by atoms with Crippen LogP contribution in [0.1, 0.15) is 0 Å².